The molecule has 0 atom stereocenters. The predicted molar refractivity (Wildman–Crippen MR) is 112 cm³/mol. The fraction of sp³-hybridized carbons (Fsp3) is 0.476. The van der Waals surface area contributed by atoms with Crippen LogP contribution in [0.15, 0.2) is 24.3 Å². The summed E-state index contributed by atoms with van der Waals surface area (Å²) in [5.74, 6) is 1.40. The Morgan fingerprint density at radius 3 is 2.38 bits per heavy atom. The van der Waals surface area contributed by atoms with Gasteiger partial charge in [0, 0.05) is 56.7 Å². The topological polar surface area (TPSA) is 64.6 Å². The number of urea groups is 1. The Hall–Kier alpha value is -2.90. The first-order valence-electron chi connectivity index (χ1n) is 10.2. The van der Waals surface area contributed by atoms with E-state index in [-0.39, 0.29) is 11.8 Å². The van der Waals surface area contributed by atoms with Crippen molar-refractivity contribution in [1.29, 1.82) is 0 Å². The molecule has 2 aromatic rings. The van der Waals surface area contributed by atoms with Gasteiger partial charge in [0.05, 0.1) is 0 Å². The third-order valence-electron chi connectivity index (χ3n) is 5.53. The molecule has 2 amide bonds. The van der Waals surface area contributed by atoms with E-state index in [4.69, 9.17) is 4.98 Å². The van der Waals surface area contributed by atoms with E-state index in [0.717, 1.165) is 30.5 Å². The molecule has 7 nitrogen and oxygen atoms in total. The van der Waals surface area contributed by atoms with Crippen LogP contribution in [0.1, 0.15) is 24.1 Å². The lowest BCUT2D eigenvalue weighted by Gasteiger charge is -2.35. The van der Waals surface area contributed by atoms with Crippen molar-refractivity contribution in [1.82, 2.24) is 14.9 Å². The molecule has 0 radical (unpaired) electrons. The van der Waals surface area contributed by atoms with Crippen molar-refractivity contribution in [2.45, 2.75) is 26.7 Å². The molecular formula is C21H27FN6O. The van der Waals surface area contributed by atoms with E-state index in [1.54, 1.807) is 24.0 Å². The van der Waals surface area contributed by atoms with Crippen LogP contribution in [-0.2, 0) is 0 Å². The lowest BCUT2D eigenvalue weighted by Crippen LogP contribution is -2.50. The summed E-state index contributed by atoms with van der Waals surface area (Å²) in [7, 11) is 0. The molecule has 8 heteroatoms. The van der Waals surface area contributed by atoms with Crippen LogP contribution in [0.25, 0.3) is 0 Å². The molecule has 2 aliphatic rings. The number of anilines is 3. The number of piperazine rings is 1. The minimum atomic E-state index is -0.321. The average molecular weight is 398 g/mol. The molecule has 29 heavy (non-hydrogen) atoms. The number of halogens is 1. The molecule has 3 heterocycles. The molecular weight excluding hydrogens is 371 g/mol. The smallest absolute Gasteiger partial charge is 0.321 e. The Labute approximate surface area is 170 Å². The zero-order valence-corrected chi connectivity index (χ0v) is 17.0. The van der Waals surface area contributed by atoms with Crippen LogP contribution in [0.2, 0.25) is 0 Å². The van der Waals surface area contributed by atoms with E-state index >= 15 is 0 Å². The van der Waals surface area contributed by atoms with Crippen molar-refractivity contribution in [3.05, 3.63) is 41.3 Å². The molecule has 4 rings (SSSR count). The van der Waals surface area contributed by atoms with Gasteiger partial charge in [-0.1, -0.05) is 6.07 Å². The van der Waals surface area contributed by atoms with Gasteiger partial charge in [0.1, 0.15) is 11.6 Å². The summed E-state index contributed by atoms with van der Waals surface area (Å²) in [6.45, 7) is 8.24. The fourth-order valence-electron chi connectivity index (χ4n) is 3.77. The second-order valence-corrected chi connectivity index (χ2v) is 7.73. The molecule has 0 bridgehead atoms. The number of hydrogen-bond acceptors (Lipinski definition) is 5. The Morgan fingerprint density at radius 1 is 0.966 bits per heavy atom. The van der Waals surface area contributed by atoms with E-state index in [9.17, 15) is 9.18 Å². The van der Waals surface area contributed by atoms with E-state index in [1.807, 2.05) is 13.0 Å². The predicted octanol–water partition coefficient (Wildman–Crippen LogP) is 3.19. The summed E-state index contributed by atoms with van der Waals surface area (Å²) >= 11 is 0. The van der Waals surface area contributed by atoms with Crippen molar-refractivity contribution in [3.63, 3.8) is 0 Å². The number of carbonyl (C=O) groups excluding carboxylic acids is 1. The van der Waals surface area contributed by atoms with Gasteiger partial charge in [-0.25, -0.2) is 14.2 Å². The van der Waals surface area contributed by atoms with Crippen LogP contribution < -0.4 is 15.1 Å². The summed E-state index contributed by atoms with van der Waals surface area (Å²) in [4.78, 5) is 28.1. The number of nitrogens with zero attached hydrogens (tertiary/aromatic N) is 5. The van der Waals surface area contributed by atoms with Gasteiger partial charge in [-0.15, -0.1) is 0 Å². The van der Waals surface area contributed by atoms with Crippen LogP contribution in [0.5, 0.6) is 0 Å². The summed E-state index contributed by atoms with van der Waals surface area (Å²) < 4.78 is 13.7. The van der Waals surface area contributed by atoms with Gasteiger partial charge in [-0.05, 0) is 44.4 Å². The van der Waals surface area contributed by atoms with Crippen molar-refractivity contribution >= 4 is 23.5 Å². The van der Waals surface area contributed by atoms with Crippen molar-refractivity contribution < 1.29 is 9.18 Å². The molecule has 1 N–H and O–H groups in total. The molecule has 154 valence electrons. The summed E-state index contributed by atoms with van der Waals surface area (Å²) in [5.41, 5.74) is 1.99. The Morgan fingerprint density at radius 2 is 1.69 bits per heavy atom. The molecule has 1 aromatic carbocycles. The van der Waals surface area contributed by atoms with Crippen molar-refractivity contribution in [2.24, 2.45) is 0 Å². The van der Waals surface area contributed by atoms with Gasteiger partial charge in [-0.3, -0.25) is 0 Å². The average Bonchev–Trinajstić information content (AvgIpc) is 3.25. The first-order valence-corrected chi connectivity index (χ1v) is 10.2. The SMILES string of the molecule is Cc1cc(N2CCCC2)nc(N2CCN(C(=O)Nc3ccc(C)c(F)c3)CC2)n1. The standard InChI is InChI=1S/C21H27FN6O/c1-15-5-6-17(14-18(15)22)24-21(29)28-11-9-27(10-12-28)20-23-16(2)13-19(25-20)26-7-3-4-8-26/h5-6,13-14H,3-4,7-12H2,1-2H3,(H,24,29). The summed E-state index contributed by atoms with van der Waals surface area (Å²) in [6, 6.07) is 6.56. The second kappa shape index (κ2) is 8.23. The monoisotopic (exact) mass is 398 g/mol. The number of carbonyl (C=O) groups is 1. The molecule has 2 saturated heterocycles. The van der Waals surface area contributed by atoms with Gasteiger partial charge in [-0.2, -0.15) is 4.98 Å². The second-order valence-electron chi connectivity index (χ2n) is 7.73. The largest absolute Gasteiger partial charge is 0.356 e. The molecule has 0 spiro atoms. The highest BCUT2D eigenvalue weighted by Gasteiger charge is 2.24. The van der Waals surface area contributed by atoms with Crippen molar-refractivity contribution in [2.75, 3.05) is 54.4 Å². The number of benzene rings is 1. The zero-order valence-electron chi connectivity index (χ0n) is 17.0. The summed E-state index contributed by atoms with van der Waals surface area (Å²) in [6.07, 6.45) is 2.41. The molecule has 0 unspecified atom stereocenters. The van der Waals surface area contributed by atoms with Gasteiger partial charge < -0.3 is 20.0 Å². The third-order valence-corrected chi connectivity index (χ3v) is 5.53. The van der Waals surface area contributed by atoms with E-state index in [1.165, 1.54) is 18.9 Å². The maximum Gasteiger partial charge on any atom is 0.321 e. The molecule has 0 aliphatic carbocycles. The number of nitrogens with one attached hydrogen (secondary N) is 1. The minimum Gasteiger partial charge on any atom is -0.356 e. The fourth-order valence-corrected chi connectivity index (χ4v) is 3.77. The molecule has 2 fully saturated rings. The van der Waals surface area contributed by atoms with Crippen LogP contribution >= 0.6 is 0 Å². The zero-order chi connectivity index (χ0) is 20.4. The van der Waals surface area contributed by atoms with E-state index in [2.05, 4.69) is 20.1 Å². The molecule has 1 aromatic heterocycles. The maximum atomic E-state index is 13.7. The van der Waals surface area contributed by atoms with E-state index in [0.29, 0.717) is 37.4 Å². The number of hydrogen-bond donors (Lipinski definition) is 1. The quantitative estimate of drug-likeness (QED) is 0.860. The van der Waals surface area contributed by atoms with Crippen LogP contribution in [0, 0.1) is 19.7 Å². The van der Waals surface area contributed by atoms with Gasteiger partial charge in [0.25, 0.3) is 0 Å². The Bertz CT molecular complexity index is 891. The van der Waals surface area contributed by atoms with Crippen molar-refractivity contribution in [3.8, 4) is 0 Å². The molecule has 2 aliphatic heterocycles. The highest BCUT2D eigenvalue weighted by molar-refractivity contribution is 5.89. The number of aromatic nitrogens is 2. The first kappa shape index (κ1) is 19.4. The van der Waals surface area contributed by atoms with Gasteiger partial charge in [0.2, 0.25) is 5.95 Å². The van der Waals surface area contributed by atoms with Gasteiger partial charge in [0.15, 0.2) is 0 Å². The Kier molecular flexibility index (Phi) is 5.51. The minimum absolute atomic E-state index is 0.212. The van der Waals surface area contributed by atoms with Gasteiger partial charge >= 0.3 is 6.03 Å². The summed E-state index contributed by atoms with van der Waals surface area (Å²) in [5, 5.41) is 2.78. The normalized spacial score (nSPS) is 17.0. The molecule has 0 saturated carbocycles. The van der Waals surface area contributed by atoms with Crippen LogP contribution in [0.3, 0.4) is 0 Å². The number of rotatable bonds is 3. The van der Waals surface area contributed by atoms with Crippen LogP contribution in [-0.4, -0.2) is 60.2 Å². The number of aryl methyl sites for hydroxylation is 2. The van der Waals surface area contributed by atoms with Crippen LogP contribution in [0.4, 0.5) is 26.6 Å². The lowest BCUT2D eigenvalue weighted by atomic mass is 10.2. The maximum absolute atomic E-state index is 13.7. The third kappa shape index (κ3) is 4.41. The lowest BCUT2D eigenvalue weighted by molar-refractivity contribution is 0.208. The Balaban J connectivity index is 1.37. The number of amides is 2. The van der Waals surface area contributed by atoms with E-state index < -0.39 is 0 Å². The first-order chi connectivity index (χ1) is 14.0. The highest BCUT2D eigenvalue weighted by atomic mass is 19.1. The highest BCUT2D eigenvalue weighted by Crippen LogP contribution is 2.22.